The van der Waals surface area contributed by atoms with Gasteiger partial charge in [-0.05, 0) is 6.92 Å². The van der Waals surface area contributed by atoms with E-state index in [0.29, 0.717) is 25.4 Å². The van der Waals surface area contributed by atoms with E-state index in [1.54, 1.807) is 15.8 Å². The third kappa shape index (κ3) is 1.93. The number of ether oxygens (including phenoxy) is 1. The van der Waals surface area contributed by atoms with E-state index in [1.165, 1.54) is 11.3 Å². The third-order valence-corrected chi connectivity index (χ3v) is 2.77. The van der Waals surface area contributed by atoms with Gasteiger partial charge in [0.2, 0.25) is 0 Å². The summed E-state index contributed by atoms with van der Waals surface area (Å²) in [6.07, 6.45) is 0.131. The molecule has 0 bridgehead atoms. The van der Waals surface area contributed by atoms with Crippen LogP contribution in [0.5, 0.6) is 0 Å². The lowest BCUT2D eigenvalue weighted by Crippen LogP contribution is -2.44. The summed E-state index contributed by atoms with van der Waals surface area (Å²) < 4.78 is 5.36. The van der Waals surface area contributed by atoms with Gasteiger partial charge >= 0.3 is 0 Å². The van der Waals surface area contributed by atoms with Gasteiger partial charge in [0.05, 0.1) is 18.2 Å². The lowest BCUT2D eigenvalue weighted by molar-refractivity contribution is -0.0126. The summed E-state index contributed by atoms with van der Waals surface area (Å²) in [6.45, 7) is 3.93. The molecule has 1 fully saturated rings. The average Bonchev–Trinajstić information content (AvgIpc) is 2.69. The molecule has 0 saturated carbocycles. The number of morpholine rings is 1. The fraction of sp³-hybridized carbons (Fsp3) is 0.556. The number of carbonyl (C=O) groups excluding carboxylic acids is 1. The van der Waals surface area contributed by atoms with Gasteiger partial charge in [-0.3, -0.25) is 4.79 Å². The van der Waals surface area contributed by atoms with Crippen LogP contribution < -0.4 is 0 Å². The molecule has 0 radical (unpaired) electrons. The zero-order valence-corrected chi connectivity index (χ0v) is 8.79. The molecule has 0 N–H and O–H groups in total. The normalized spacial score (nSPS) is 22.4. The standard InChI is InChI=1S/C9H12N2O2S/c1-7-4-11(2-3-13-7)9(12)8-5-14-6-10-8/h5-7H,2-4H2,1H3. The highest BCUT2D eigenvalue weighted by molar-refractivity contribution is 7.07. The van der Waals surface area contributed by atoms with Gasteiger partial charge < -0.3 is 9.64 Å². The Labute approximate surface area is 86.5 Å². The lowest BCUT2D eigenvalue weighted by Gasteiger charge is -2.30. The predicted molar refractivity (Wildman–Crippen MR) is 53.4 cm³/mol. The third-order valence-electron chi connectivity index (χ3n) is 2.18. The maximum Gasteiger partial charge on any atom is 0.273 e. The summed E-state index contributed by atoms with van der Waals surface area (Å²) in [6, 6.07) is 0. The Morgan fingerprint density at radius 2 is 2.64 bits per heavy atom. The van der Waals surface area contributed by atoms with Crippen LogP contribution in [0.4, 0.5) is 0 Å². The minimum Gasteiger partial charge on any atom is -0.375 e. The molecular formula is C9H12N2O2S. The molecule has 4 nitrogen and oxygen atoms in total. The van der Waals surface area contributed by atoms with Gasteiger partial charge in [-0.1, -0.05) is 0 Å². The number of carbonyl (C=O) groups is 1. The minimum atomic E-state index is 0.0152. The quantitative estimate of drug-likeness (QED) is 0.697. The van der Waals surface area contributed by atoms with Crippen LogP contribution in [0.3, 0.4) is 0 Å². The summed E-state index contributed by atoms with van der Waals surface area (Å²) in [5.41, 5.74) is 2.22. The van der Waals surface area contributed by atoms with E-state index in [4.69, 9.17) is 4.74 Å². The van der Waals surface area contributed by atoms with Crippen LogP contribution in [0, 0.1) is 0 Å². The molecule has 2 heterocycles. The largest absolute Gasteiger partial charge is 0.375 e. The van der Waals surface area contributed by atoms with Crippen LogP contribution >= 0.6 is 11.3 Å². The van der Waals surface area contributed by atoms with Crippen LogP contribution in [0.15, 0.2) is 10.9 Å². The summed E-state index contributed by atoms with van der Waals surface area (Å²) in [5, 5.41) is 1.78. The van der Waals surface area contributed by atoms with Crippen molar-refractivity contribution in [3.8, 4) is 0 Å². The van der Waals surface area contributed by atoms with Gasteiger partial charge in [0.25, 0.3) is 5.91 Å². The van der Waals surface area contributed by atoms with E-state index < -0.39 is 0 Å². The number of thiazole rings is 1. The Hall–Kier alpha value is -0.940. The highest BCUT2D eigenvalue weighted by Crippen LogP contribution is 2.10. The lowest BCUT2D eigenvalue weighted by atomic mass is 10.3. The van der Waals surface area contributed by atoms with Gasteiger partial charge in [0, 0.05) is 18.5 Å². The molecule has 76 valence electrons. The molecule has 0 aromatic carbocycles. The van der Waals surface area contributed by atoms with Crippen molar-refractivity contribution in [3.63, 3.8) is 0 Å². The van der Waals surface area contributed by atoms with E-state index in [-0.39, 0.29) is 12.0 Å². The number of nitrogens with zero attached hydrogens (tertiary/aromatic N) is 2. The van der Waals surface area contributed by atoms with Crippen molar-refractivity contribution in [2.45, 2.75) is 13.0 Å². The Bertz CT molecular complexity index is 313. The van der Waals surface area contributed by atoms with Crippen molar-refractivity contribution >= 4 is 17.2 Å². The van der Waals surface area contributed by atoms with Crippen molar-refractivity contribution in [2.24, 2.45) is 0 Å². The average molecular weight is 212 g/mol. The number of amides is 1. The Kier molecular flexibility index (Phi) is 2.79. The van der Waals surface area contributed by atoms with Crippen molar-refractivity contribution in [3.05, 3.63) is 16.6 Å². The van der Waals surface area contributed by atoms with Gasteiger partial charge in [-0.2, -0.15) is 0 Å². The second-order valence-corrected chi connectivity index (χ2v) is 4.02. The SMILES string of the molecule is CC1CN(C(=O)c2cscn2)CCO1. The van der Waals surface area contributed by atoms with Crippen LogP contribution in [-0.4, -0.2) is 41.6 Å². The van der Waals surface area contributed by atoms with E-state index in [2.05, 4.69) is 4.98 Å². The number of hydrogen-bond acceptors (Lipinski definition) is 4. The van der Waals surface area contributed by atoms with Crippen molar-refractivity contribution in [1.82, 2.24) is 9.88 Å². The Morgan fingerprint density at radius 1 is 1.79 bits per heavy atom. The first kappa shape index (κ1) is 9.61. The van der Waals surface area contributed by atoms with Crippen LogP contribution in [0.1, 0.15) is 17.4 Å². The number of rotatable bonds is 1. The molecule has 1 unspecified atom stereocenters. The molecule has 1 aromatic rings. The van der Waals surface area contributed by atoms with Crippen LogP contribution in [-0.2, 0) is 4.74 Å². The molecule has 1 saturated heterocycles. The molecule has 1 amide bonds. The second kappa shape index (κ2) is 4.06. The first-order valence-corrected chi connectivity index (χ1v) is 5.50. The Morgan fingerprint density at radius 3 is 3.29 bits per heavy atom. The van der Waals surface area contributed by atoms with E-state index in [0.717, 1.165) is 0 Å². The van der Waals surface area contributed by atoms with E-state index >= 15 is 0 Å². The summed E-state index contributed by atoms with van der Waals surface area (Å²) in [4.78, 5) is 17.6. The van der Waals surface area contributed by atoms with E-state index in [1.807, 2.05) is 6.92 Å². The first-order valence-electron chi connectivity index (χ1n) is 4.56. The van der Waals surface area contributed by atoms with Gasteiger partial charge in [0.1, 0.15) is 5.69 Å². The molecule has 1 aliphatic heterocycles. The number of hydrogen-bond donors (Lipinski definition) is 0. The first-order chi connectivity index (χ1) is 6.77. The molecule has 0 spiro atoms. The minimum absolute atomic E-state index is 0.0152. The van der Waals surface area contributed by atoms with Crippen LogP contribution in [0.2, 0.25) is 0 Å². The topological polar surface area (TPSA) is 42.4 Å². The Balaban J connectivity index is 2.04. The van der Waals surface area contributed by atoms with Gasteiger partial charge in [-0.15, -0.1) is 11.3 Å². The zero-order chi connectivity index (χ0) is 9.97. The van der Waals surface area contributed by atoms with E-state index in [9.17, 15) is 4.79 Å². The van der Waals surface area contributed by atoms with Crippen LogP contribution in [0.25, 0.3) is 0 Å². The maximum absolute atomic E-state index is 11.8. The molecule has 14 heavy (non-hydrogen) atoms. The van der Waals surface area contributed by atoms with Crippen molar-refractivity contribution in [1.29, 1.82) is 0 Å². The summed E-state index contributed by atoms with van der Waals surface area (Å²) >= 11 is 1.44. The molecule has 0 aliphatic carbocycles. The maximum atomic E-state index is 11.8. The predicted octanol–water partition coefficient (Wildman–Crippen LogP) is 1.00. The highest BCUT2D eigenvalue weighted by atomic mass is 32.1. The molecule has 2 rings (SSSR count). The molecule has 1 aromatic heterocycles. The number of aromatic nitrogens is 1. The van der Waals surface area contributed by atoms with Crippen molar-refractivity contribution in [2.75, 3.05) is 19.7 Å². The monoisotopic (exact) mass is 212 g/mol. The second-order valence-electron chi connectivity index (χ2n) is 3.31. The summed E-state index contributed by atoms with van der Waals surface area (Å²) in [5.74, 6) is 0.0152. The molecule has 5 heteroatoms. The van der Waals surface area contributed by atoms with Crippen molar-refractivity contribution < 1.29 is 9.53 Å². The highest BCUT2D eigenvalue weighted by Gasteiger charge is 2.23. The fourth-order valence-corrected chi connectivity index (χ4v) is 2.01. The summed E-state index contributed by atoms with van der Waals surface area (Å²) in [7, 11) is 0. The smallest absolute Gasteiger partial charge is 0.273 e. The molecular weight excluding hydrogens is 200 g/mol. The van der Waals surface area contributed by atoms with Gasteiger partial charge in [0.15, 0.2) is 0 Å². The van der Waals surface area contributed by atoms with Gasteiger partial charge in [-0.25, -0.2) is 4.98 Å². The fourth-order valence-electron chi connectivity index (χ4n) is 1.48. The molecule has 1 atom stereocenters. The molecule has 1 aliphatic rings. The zero-order valence-electron chi connectivity index (χ0n) is 7.97.